The minimum atomic E-state index is -0.845. The highest BCUT2D eigenvalue weighted by molar-refractivity contribution is 7.13. The Balaban J connectivity index is 2.09. The van der Waals surface area contributed by atoms with Crippen molar-refractivity contribution in [3.8, 4) is 6.07 Å². The molecule has 4 nitrogen and oxygen atoms in total. The Morgan fingerprint density at radius 3 is 2.68 bits per heavy atom. The third kappa shape index (κ3) is 2.95. The van der Waals surface area contributed by atoms with Crippen molar-refractivity contribution in [2.45, 2.75) is 51.9 Å². The minimum Gasteiger partial charge on any atom is -0.301 e. The van der Waals surface area contributed by atoms with Gasteiger partial charge in [-0.1, -0.05) is 33.1 Å². The van der Waals surface area contributed by atoms with Crippen LogP contribution in [0, 0.1) is 16.7 Å². The zero-order valence-electron chi connectivity index (χ0n) is 11.4. The first-order valence-corrected chi connectivity index (χ1v) is 7.63. The molecule has 1 aliphatic carbocycles. The van der Waals surface area contributed by atoms with Crippen molar-refractivity contribution in [2.24, 2.45) is 5.41 Å². The molecule has 0 atom stereocenters. The second-order valence-corrected chi connectivity index (χ2v) is 6.30. The van der Waals surface area contributed by atoms with Crippen molar-refractivity contribution in [3.63, 3.8) is 0 Å². The number of aromatic nitrogens is 1. The normalized spacial score (nSPS) is 18.0. The molecule has 5 heteroatoms. The molecule has 1 saturated carbocycles. The van der Waals surface area contributed by atoms with Crippen molar-refractivity contribution in [3.05, 3.63) is 11.1 Å². The highest BCUT2D eigenvalue weighted by Crippen LogP contribution is 2.37. The van der Waals surface area contributed by atoms with Gasteiger partial charge >= 0.3 is 0 Å². The molecule has 102 valence electrons. The van der Waals surface area contributed by atoms with Gasteiger partial charge in [-0.15, -0.1) is 11.3 Å². The predicted molar refractivity (Wildman–Crippen MR) is 76.0 cm³/mol. The number of rotatable bonds is 3. The maximum absolute atomic E-state index is 12.3. The van der Waals surface area contributed by atoms with Crippen LogP contribution in [0.2, 0.25) is 0 Å². The molecule has 0 unspecified atom stereocenters. The van der Waals surface area contributed by atoms with E-state index in [1.807, 2.05) is 5.38 Å². The summed E-state index contributed by atoms with van der Waals surface area (Å²) in [4.78, 5) is 16.7. The summed E-state index contributed by atoms with van der Waals surface area (Å²) in [7, 11) is 0. The molecular weight excluding hydrogens is 258 g/mol. The summed E-state index contributed by atoms with van der Waals surface area (Å²) in [6.45, 7) is 4.14. The van der Waals surface area contributed by atoms with Crippen LogP contribution in [-0.2, 0) is 4.79 Å². The Morgan fingerprint density at radius 1 is 1.47 bits per heavy atom. The Labute approximate surface area is 117 Å². The molecule has 0 radical (unpaired) electrons. The van der Waals surface area contributed by atoms with Crippen LogP contribution < -0.4 is 5.32 Å². The summed E-state index contributed by atoms with van der Waals surface area (Å²) in [6.07, 6.45) is 4.35. The van der Waals surface area contributed by atoms with Gasteiger partial charge in [0, 0.05) is 5.38 Å². The number of nitrogens with one attached hydrogen (secondary N) is 1. The SMILES string of the molecule is CC(C)c1csc(NC(=O)C2(C#N)CCCCC2)n1. The highest BCUT2D eigenvalue weighted by atomic mass is 32.1. The van der Waals surface area contributed by atoms with Crippen LogP contribution in [0.15, 0.2) is 5.38 Å². The van der Waals surface area contributed by atoms with Gasteiger partial charge in [0.15, 0.2) is 5.13 Å². The zero-order chi connectivity index (χ0) is 13.9. The molecule has 19 heavy (non-hydrogen) atoms. The number of amides is 1. The number of carbonyl (C=O) groups is 1. The lowest BCUT2D eigenvalue weighted by Gasteiger charge is -2.28. The van der Waals surface area contributed by atoms with Crippen molar-refractivity contribution in [2.75, 3.05) is 5.32 Å². The number of nitriles is 1. The monoisotopic (exact) mass is 277 g/mol. The summed E-state index contributed by atoms with van der Waals surface area (Å²) in [5.74, 6) is 0.167. The van der Waals surface area contributed by atoms with Crippen LogP contribution in [-0.4, -0.2) is 10.9 Å². The largest absolute Gasteiger partial charge is 0.301 e. The van der Waals surface area contributed by atoms with E-state index >= 15 is 0 Å². The molecule has 0 aliphatic heterocycles. The van der Waals surface area contributed by atoms with Gasteiger partial charge in [0.1, 0.15) is 5.41 Å². The Kier molecular flexibility index (Phi) is 4.20. The summed E-state index contributed by atoms with van der Waals surface area (Å²) in [5, 5.41) is 14.7. The molecule has 1 heterocycles. The maximum Gasteiger partial charge on any atom is 0.246 e. The Morgan fingerprint density at radius 2 is 2.16 bits per heavy atom. The van der Waals surface area contributed by atoms with E-state index in [0.717, 1.165) is 25.0 Å². The molecular formula is C14H19N3OS. The Bertz CT molecular complexity index is 495. The third-order valence-electron chi connectivity index (χ3n) is 3.69. The van der Waals surface area contributed by atoms with Gasteiger partial charge in [-0.05, 0) is 18.8 Å². The van der Waals surface area contributed by atoms with Crippen LogP contribution >= 0.6 is 11.3 Å². The van der Waals surface area contributed by atoms with Gasteiger partial charge in [0.2, 0.25) is 5.91 Å². The fourth-order valence-corrected chi connectivity index (χ4v) is 3.24. The fourth-order valence-electron chi connectivity index (χ4n) is 2.37. The standard InChI is InChI=1S/C14H19N3OS/c1-10(2)11-8-19-13(16-11)17-12(18)14(9-15)6-4-3-5-7-14/h8,10H,3-7H2,1-2H3,(H,16,17,18). The van der Waals surface area contributed by atoms with Crippen molar-refractivity contribution < 1.29 is 4.79 Å². The lowest BCUT2D eigenvalue weighted by Crippen LogP contribution is -2.36. The molecule has 2 rings (SSSR count). The number of hydrogen-bond acceptors (Lipinski definition) is 4. The fraction of sp³-hybridized carbons (Fsp3) is 0.643. The summed E-state index contributed by atoms with van der Waals surface area (Å²) in [6, 6.07) is 2.23. The first kappa shape index (κ1) is 14.0. The van der Waals surface area contributed by atoms with Crippen molar-refractivity contribution in [1.29, 1.82) is 5.26 Å². The van der Waals surface area contributed by atoms with Crippen LogP contribution in [0.1, 0.15) is 57.6 Å². The van der Waals surface area contributed by atoms with Crippen LogP contribution in [0.3, 0.4) is 0 Å². The molecule has 1 fully saturated rings. The predicted octanol–water partition coefficient (Wildman–Crippen LogP) is 3.68. The smallest absolute Gasteiger partial charge is 0.246 e. The number of anilines is 1. The van der Waals surface area contributed by atoms with E-state index in [9.17, 15) is 10.1 Å². The first-order chi connectivity index (χ1) is 9.07. The van der Waals surface area contributed by atoms with E-state index in [4.69, 9.17) is 0 Å². The zero-order valence-corrected chi connectivity index (χ0v) is 12.2. The van der Waals surface area contributed by atoms with Gasteiger partial charge in [0.05, 0.1) is 11.8 Å². The molecule has 1 aromatic heterocycles. The van der Waals surface area contributed by atoms with Crippen LogP contribution in [0.5, 0.6) is 0 Å². The van der Waals surface area contributed by atoms with Gasteiger partial charge in [-0.3, -0.25) is 4.79 Å². The average Bonchev–Trinajstić information content (AvgIpc) is 2.88. The lowest BCUT2D eigenvalue weighted by atomic mass is 9.74. The number of thiazole rings is 1. The molecule has 1 aliphatic rings. The van der Waals surface area contributed by atoms with E-state index in [1.165, 1.54) is 11.3 Å². The maximum atomic E-state index is 12.3. The number of hydrogen-bond donors (Lipinski definition) is 1. The Hall–Kier alpha value is -1.41. The van der Waals surface area contributed by atoms with E-state index < -0.39 is 5.41 Å². The van der Waals surface area contributed by atoms with Gasteiger partial charge in [-0.2, -0.15) is 5.26 Å². The molecule has 0 aromatic carbocycles. The number of nitrogens with zero attached hydrogens (tertiary/aromatic N) is 2. The van der Waals surface area contributed by atoms with Gasteiger partial charge < -0.3 is 5.32 Å². The minimum absolute atomic E-state index is 0.181. The molecule has 0 bridgehead atoms. The average molecular weight is 277 g/mol. The van der Waals surface area contributed by atoms with E-state index in [-0.39, 0.29) is 5.91 Å². The second kappa shape index (κ2) is 5.70. The van der Waals surface area contributed by atoms with Crippen LogP contribution in [0.25, 0.3) is 0 Å². The number of carbonyl (C=O) groups excluding carboxylic acids is 1. The summed E-state index contributed by atoms with van der Waals surface area (Å²) >= 11 is 1.43. The topological polar surface area (TPSA) is 65.8 Å². The lowest BCUT2D eigenvalue weighted by molar-refractivity contribution is -0.124. The van der Waals surface area contributed by atoms with Crippen LogP contribution in [0.4, 0.5) is 5.13 Å². The highest BCUT2D eigenvalue weighted by Gasteiger charge is 2.40. The van der Waals surface area contributed by atoms with Crippen molar-refractivity contribution in [1.82, 2.24) is 4.98 Å². The second-order valence-electron chi connectivity index (χ2n) is 5.44. The van der Waals surface area contributed by atoms with Gasteiger partial charge in [-0.25, -0.2) is 4.98 Å². The summed E-state index contributed by atoms with van der Waals surface area (Å²) < 4.78 is 0. The van der Waals surface area contributed by atoms with Crippen molar-refractivity contribution >= 4 is 22.4 Å². The quantitative estimate of drug-likeness (QED) is 0.916. The van der Waals surface area contributed by atoms with E-state index in [0.29, 0.717) is 23.9 Å². The molecule has 1 aromatic rings. The molecule has 1 N–H and O–H groups in total. The molecule has 0 saturated heterocycles. The van der Waals surface area contributed by atoms with E-state index in [2.05, 4.69) is 30.2 Å². The van der Waals surface area contributed by atoms with Gasteiger partial charge in [0.25, 0.3) is 0 Å². The first-order valence-electron chi connectivity index (χ1n) is 6.75. The molecule has 1 amide bonds. The summed E-state index contributed by atoms with van der Waals surface area (Å²) in [5.41, 5.74) is 0.136. The van der Waals surface area contributed by atoms with E-state index in [1.54, 1.807) is 0 Å². The molecule has 0 spiro atoms. The third-order valence-corrected chi connectivity index (χ3v) is 4.47.